The molecule has 2 aromatic carbocycles. The normalized spacial score (nSPS) is 11.0. The summed E-state index contributed by atoms with van der Waals surface area (Å²) in [6.45, 7) is 0.363. The maximum absolute atomic E-state index is 12.7. The number of rotatable bonds is 7. The Morgan fingerprint density at radius 3 is 2.39 bits per heavy atom. The number of ether oxygens (including phenoxy) is 2. The van der Waals surface area contributed by atoms with E-state index < -0.39 is 5.97 Å². The summed E-state index contributed by atoms with van der Waals surface area (Å²) in [7, 11) is 2.94. The molecule has 0 fully saturated rings. The van der Waals surface area contributed by atoms with Crippen molar-refractivity contribution in [2.75, 3.05) is 14.2 Å². The summed E-state index contributed by atoms with van der Waals surface area (Å²) in [5, 5.41) is 0.428. The van der Waals surface area contributed by atoms with E-state index in [0.717, 1.165) is 11.1 Å². The minimum Gasteiger partial charge on any atom is -0.496 e. The minimum absolute atomic E-state index is 0.0560. The van der Waals surface area contributed by atoms with E-state index in [4.69, 9.17) is 32.7 Å². The van der Waals surface area contributed by atoms with Crippen LogP contribution in [-0.2, 0) is 17.7 Å². The average Bonchev–Trinajstić information content (AvgIpc) is 2.79. The van der Waals surface area contributed by atoms with Gasteiger partial charge in [-0.05, 0) is 48.4 Å². The molecule has 3 aromatic rings. The second-order valence-electron chi connectivity index (χ2n) is 6.70. The van der Waals surface area contributed by atoms with Crippen LogP contribution in [0.4, 0.5) is 0 Å². The van der Waals surface area contributed by atoms with Crippen molar-refractivity contribution in [3.63, 3.8) is 0 Å². The number of carbonyl (C=O) groups is 1. The highest BCUT2D eigenvalue weighted by atomic mass is 35.5. The highest BCUT2D eigenvalue weighted by molar-refractivity contribution is 6.35. The summed E-state index contributed by atoms with van der Waals surface area (Å²) in [4.78, 5) is 24.3. The number of halogens is 2. The predicted octanol–water partition coefficient (Wildman–Crippen LogP) is 5.36. The van der Waals surface area contributed by atoms with Gasteiger partial charge in [-0.25, -0.2) is 4.79 Å². The largest absolute Gasteiger partial charge is 0.496 e. The van der Waals surface area contributed by atoms with Gasteiger partial charge in [-0.2, -0.15) is 0 Å². The summed E-state index contributed by atoms with van der Waals surface area (Å²) in [6.07, 6.45) is 4.17. The first kappa shape index (κ1) is 22.7. The summed E-state index contributed by atoms with van der Waals surface area (Å²) >= 11 is 12.5. The molecule has 160 valence electrons. The molecule has 0 saturated carbocycles. The topological polar surface area (TPSA) is 57.5 Å². The van der Waals surface area contributed by atoms with Gasteiger partial charge in [-0.3, -0.25) is 4.79 Å². The number of benzene rings is 2. The van der Waals surface area contributed by atoms with E-state index in [1.54, 1.807) is 29.9 Å². The first-order chi connectivity index (χ1) is 14.9. The Bertz CT molecular complexity index is 1170. The van der Waals surface area contributed by atoms with Gasteiger partial charge in [0.05, 0.1) is 30.5 Å². The lowest BCUT2D eigenvalue weighted by Crippen LogP contribution is -2.24. The molecule has 3 rings (SSSR count). The van der Waals surface area contributed by atoms with E-state index in [1.165, 1.54) is 13.2 Å². The van der Waals surface area contributed by atoms with Crippen molar-refractivity contribution >= 4 is 41.3 Å². The van der Waals surface area contributed by atoms with Gasteiger partial charge in [0.2, 0.25) is 0 Å². The molecular formula is C24H21Cl2NO4. The standard InChI is InChI=1S/C24H21Cl2NO4/c1-30-22-6-4-3-5-17(22)11-12-21-19(25)15-20(26)23(28)27(21)14-13-16-7-9-18(10-8-16)24(29)31-2/h3-12,15H,13-14H2,1-2H3. The molecule has 0 atom stereocenters. The van der Waals surface area contributed by atoms with Gasteiger partial charge < -0.3 is 14.0 Å². The first-order valence-corrected chi connectivity index (χ1v) is 10.3. The van der Waals surface area contributed by atoms with Crippen LogP contribution in [0.15, 0.2) is 59.4 Å². The van der Waals surface area contributed by atoms with Crippen LogP contribution in [0.1, 0.15) is 27.2 Å². The van der Waals surface area contributed by atoms with Gasteiger partial charge in [0.1, 0.15) is 10.8 Å². The second kappa shape index (κ2) is 10.3. The zero-order valence-electron chi connectivity index (χ0n) is 17.1. The molecule has 0 aliphatic heterocycles. The molecule has 1 aromatic heterocycles. The van der Waals surface area contributed by atoms with Crippen LogP contribution < -0.4 is 10.3 Å². The van der Waals surface area contributed by atoms with E-state index in [2.05, 4.69) is 0 Å². The lowest BCUT2D eigenvalue weighted by molar-refractivity contribution is 0.0600. The molecule has 0 N–H and O–H groups in total. The molecule has 0 radical (unpaired) electrons. The summed E-state index contributed by atoms with van der Waals surface area (Å²) in [6, 6.07) is 16.0. The smallest absolute Gasteiger partial charge is 0.337 e. The molecule has 31 heavy (non-hydrogen) atoms. The Labute approximate surface area is 190 Å². The number of pyridine rings is 1. The maximum atomic E-state index is 12.7. The van der Waals surface area contributed by atoms with Crippen LogP contribution in [0.5, 0.6) is 5.75 Å². The third-order valence-corrected chi connectivity index (χ3v) is 5.37. The number of aryl methyl sites for hydroxylation is 1. The quantitative estimate of drug-likeness (QED) is 0.447. The molecule has 7 heteroatoms. The molecule has 0 bridgehead atoms. The van der Waals surface area contributed by atoms with Crippen molar-refractivity contribution < 1.29 is 14.3 Å². The highest BCUT2D eigenvalue weighted by Gasteiger charge is 2.12. The molecule has 0 aliphatic carbocycles. The third-order valence-electron chi connectivity index (χ3n) is 4.80. The van der Waals surface area contributed by atoms with Crippen molar-refractivity contribution in [3.05, 3.63) is 97.4 Å². The molecule has 0 amide bonds. The fourth-order valence-corrected chi connectivity index (χ4v) is 3.69. The Kier molecular flexibility index (Phi) is 7.55. The van der Waals surface area contributed by atoms with Crippen LogP contribution in [0.3, 0.4) is 0 Å². The minimum atomic E-state index is -0.395. The number of aromatic nitrogens is 1. The van der Waals surface area contributed by atoms with Crippen molar-refractivity contribution in [3.8, 4) is 5.75 Å². The number of para-hydroxylation sites is 1. The Balaban J connectivity index is 1.90. The number of hydrogen-bond acceptors (Lipinski definition) is 4. The van der Waals surface area contributed by atoms with E-state index >= 15 is 0 Å². The molecule has 0 spiro atoms. The van der Waals surface area contributed by atoms with E-state index in [1.807, 2.05) is 42.5 Å². The average molecular weight is 458 g/mol. The lowest BCUT2D eigenvalue weighted by atomic mass is 10.1. The predicted molar refractivity (Wildman–Crippen MR) is 124 cm³/mol. The molecule has 5 nitrogen and oxygen atoms in total. The summed E-state index contributed by atoms with van der Waals surface area (Å²) < 4.78 is 11.6. The number of hydrogen-bond donors (Lipinski definition) is 0. The fourth-order valence-electron chi connectivity index (χ4n) is 3.14. The Morgan fingerprint density at radius 2 is 1.71 bits per heavy atom. The molecule has 0 unspecified atom stereocenters. The van der Waals surface area contributed by atoms with Crippen LogP contribution in [0.25, 0.3) is 12.2 Å². The number of methoxy groups -OCH3 is 2. The van der Waals surface area contributed by atoms with Gasteiger partial charge >= 0.3 is 5.97 Å². The lowest BCUT2D eigenvalue weighted by Gasteiger charge is -2.13. The van der Waals surface area contributed by atoms with Crippen molar-refractivity contribution in [2.24, 2.45) is 0 Å². The number of carbonyl (C=O) groups excluding carboxylic acids is 1. The van der Waals surface area contributed by atoms with E-state index in [9.17, 15) is 9.59 Å². The van der Waals surface area contributed by atoms with Crippen LogP contribution in [0, 0.1) is 0 Å². The van der Waals surface area contributed by atoms with Gasteiger partial charge in [0, 0.05) is 12.1 Å². The molecular weight excluding hydrogens is 437 g/mol. The number of nitrogens with zero attached hydrogens (tertiary/aromatic N) is 1. The van der Waals surface area contributed by atoms with Crippen LogP contribution in [0.2, 0.25) is 10.0 Å². The van der Waals surface area contributed by atoms with Gasteiger partial charge in [-0.15, -0.1) is 0 Å². The zero-order valence-corrected chi connectivity index (χ0v) is 18.6. The fraction of sp³-hybridized carbons (Fsp3) is 0.167. The summed E-state index contributed by atoms with van der Waals surface area (Å²) in [5.74, 6) is 0.316. The second-order valence-corrected chi connectivity index (χ2v) is 7.51. The molecule has 1 heterocycles. The first-order valence-electron chi connectivity index (χ1n) is 9.51. The third kappa shape index (κ3) is 5.37. The SMILES string of the molecule is COC(=O)c1ccc(CCn2c(C=Cc3ccccc3OC)c(Cl)cc(Cl)c2=O)cc1. The van der Waals surface area contributed by atoms with E-state index in [-0.39, 0.29) is 10.6 Å². The number of esters is 1. The molecule has 0 saturated heterocycles. The van der Waals surface area contributed by atoms with Gasteiger partial charge in [0.15, 0.2) is 0 Å². The van der Waals surface area contributed by atoms with Gasteiger partial charge in [-0.1, -0.05) is 53.5 Å². The van der Waals surface area contributed by atoms with Gasteiger partial charge in [0.25, 0.3) is 5.56 Å². The Morgan fingerprint density at radius 1 is 1.00 bits per heavy atom. The highest BCUT2D eigenvalue weighted by Crippen LogP contribution is 2.24. The molecule has 0 aliphatic rings. The summed E-state index contributed by atoms with van der Waals surface area (Å²) in [5.41, 5.74) is 2.50. The van der Waals surface area contributed by atoms with Crippen molar-refractivity contribution in [1.82, 2.24) is 4.57 Å². The van der Waals surface area contributed by atoms with Crippen molar-refractivity contribution in [1.29, 1.82) is 0 Å². The van der Waals surface area contributed by atoms with Crippen LogP contribution >= 0.6 is 23.2 Å². The monoisotopic (exact) mass is 457 g/mol. The van der Waals surface area contributed by atoms with Crippen molar-refractivity contribution in [2.45, 2.75) is 13.0 Å². The maximum Gasteiger partial charge on any atom is 0.337 e. The van der Waals surface area contributed by atoms with Crippen LogP contribution in [-0.4, -0.2) is 24.8 Å². The zero-order chi connectivity index (χ0) is 22.4. The van der Waals surface area contributed by atoms with E-state index in [0.29, 0.717) is 35.0 Å². The Hall–Kier alpha value is -3.02.